The molecule has 5 aromatic carbocycles. The fraction of sp³-hybridized carbons (Fsp3) is 0.0541. The van der Waals surface area contributed by atoms with Crippen molar-refractivity contribution in [3.05, 3.63) is 164 Å². The lowest BCUT2D eigenvalue weighted by atomic mass is 10.1. The third-order valence-electron chi connectivity index (χ3n) is 6.93. The van der Waals surface area contributed by atoms with Gasteiger partial charge in [0.15, 0.2) is 0 Å². The van der Waals surface area contributed by atoms with Crippen LogP contribution in [0.15, 0.2) is 132 Å². The molecule has 0 aliphatic rings. The van der Waals surface area contributed by atoms with Crippen molar-refractivity contribution in [2.45, 2.75) is 17.1 Å². The Hall–Kier alpha value is -4.53. The van der Waals surface area contributed by atoms with Crippen LogP contribution in [0.3, 0.4) is 0 Å². The number of rotatable bonds is 10. The minimum absolute atomic E-state index is 0.0282. The molecule has 0 heterocycles. The molecule has 0 bridgehead atoms. The molecule has 10 heteroatoms. The summed E-state index contributed by atoms with van der Waals surface area (Å²) in [5, 5.41) is 9.24. The third-order valence-corrected chi connectivity index (χ3v) is 8.98. The number of thioether (sulfide) groups is 1. The molecule has 0 aromatic heterocycles. The molecule has 3 amide bonds. The van der Waals surface area contributed by atoms with E-state index in [4.69, 9.17) is 34.8 Å². The maximum Gasteiger partial charge on any atom is 0.272 e. The zero-order chi connectivity index (χ0) is 33.3. The van der Waals surface area contributed by atoms with Crippen molar-refractivity contribution in [1.82, 2.24) is 5.32 Å². The first kappa shape index (κ1) is 33.8. The van der Waals surface area contributed by atoms with Gasteiger partial charge < -0.3 is 16.0 Å². The molecule has 47 heavy (non-hydrogen) atoms. The number of amides is 3. The second-order valence-corrected chi connectivity index (χ2v) is 12.8. The molecule has 5 rings (SSSR count). The highest BCUT2D eigenvalue weighted by Gasteiger charge is 2.23. The van der Waals surface area contributed by atoms with Crippen molar-refractivity contribution in [3.8, 4) is 0 Å². The quantitative estimate of drug-likeness (QED) is 0.100. The van der Waals surface area contributed by atoms with Crippen LogP contribution in [0.1, 0.15) is 32.3 Å². The van der Waals surface area contributed by atoms with Crippen molar-refractivity contribution < 1.29 is 14.4 Å². The lowest BCUT2D eigenvalue weighted by Gasteiger charge is -2.19. The molecular weight excluding hydrogens is 673 g/mol. The van der Waals surface area contributed by atoms with Gasteiger partial charge in [0.2, 0.25) is 5.91 Å². The minimum Gasteiger partial charge on any atom is -0.325 e. The molecule has 1 atom stereocenters. The Labute approximate surface area is 292 Å². The first-order chi connectivity index (χ1) is 22.7. The van der Waals surface area contributed by atoms with Crippen molar-refractivity contribution in [1.29, 1.82) is 0 Å². The predicted octanol–water partition coefficient (Wildman–Crippen LogP) is 9.84. The van der Waals surface area contributed by atoms with E-state index in [1.54, 1.807) is 78.9 Å². The van der Waals surface area contributed by atoms with Gasteiger partial charge in [0.1, 0.15) is 10.9 Å². The fourth-order valence-electron chi connectivity index (χ4n) is 4.53. The first-order valence-corrected chi connectivity index (χ1v) is 16.4. The molecule has 236 valence electrons. The summed E-state index contributed by atoms with van der Waals surface area (Å²) in [5.41, 5.74) is 3.61. The average molecular weight is 701 g/mol. The Bertz CT molecular complexity index is 1950. The molecule has 5 aromatic rings. The number of carbonyl (C=O) groups is 3. The van der Waals surface area contributed by atoms with Crippen LogP contribution in [0, 0.1) is 6.92 Å². The first-order valence-electron chi connectivity index (χ1n) is 14.4. The zero-order valence-electron chi connectivity index (χ0n) is 25.0. The van der Waals surface area contributed by atoms with Crippen molar-refractivity contribution in [3.63, 3.8) is 0 Å². The Kier molecular flexibility index (Phi) is 11.4. The summed E-state index contributed by atoms with van der Waals surface area (Å²) in [5.74, 6) is -1.26. The monoisotopic (exact) mass is 699 g/mol. The summed E-state index contributed by atoms with van der Waals surface area (Å²) in [6.45, 7) is 1.90. The standard InChI is InChI=1S/C37H28Cl3N3O3S/c1-23-15-17-28(39)21-32(23)42-37(46)34(24-9-4-2-5-10-24)47-30-14-8-13-29(22-30)41-36(45)33(19-26-16-18-27(38)20-31(26)40)43-35(44)25-11-6-3-7-12-25/h2-22,34H,1H3,(H,41,45)(H,42,46)(H,43,44)/b33-19+. The van der Waals surface area contributed by atoms with Crippen molar-refractivity contribution in [2.24, 2.45) is 0 Å². The van der Waals surface area contributed by atoms with E-state index in [-0.39, 0.29) is 11.6 Å². The van der Waals surface area contributed by atoms with E-state index in [9.17, 15) is 14.4 Å². The lowest BCUT2D eigenvalue weighted by molar-refractivity contribution is -0.116. The van der Waals surface area contributed by atoms with E-state index in [1.807, 2.05) is 49.4 Å². The van der Waals surface area contributed by atoms with Gasteiger partial charge in [-0.25, -0.2) is 0 Å². The van der Waals surface area contributed by atoms with E-state index >= 15 is 0 Å². The molecule has 0 fully saturated rings. The summed E-state index contributed by atoms with van der Waals surface area (Å²) < 4.78 is 0. The Morgan fingerprint density at radius 1 is 0.723 bits per heavy atom. The highest BCUT2D eigenvalue weighted by molar-refractivity contribution is 8.00. The van der Waals surface area contributed by atoms with Gasteiger partial charge in [-0.1, -0.05) is 102 Å². The lowest BCUT2D eigenvalue weighted by Crippen LogP contribution is -2.30. The van der Waals surface area contributed by atoms with Gasteiger partial charge in [-0.15, -0.1) is 11.8 Å². The number of aryl methyl sites for hydroxylation is 1. The number of halogens is 3. The summed E-state index contributed by atoms with van der Waals surface area (Å²) in [6.07, 6.45) is 1.49. The highest BCUT2D eigenvalue weighted by atomic mass is 35.5. The maximum atomic E-state index is 13.7. The molecule has 6 nitrogen and oxygen atoms in total. The summed E-state index contributed by atoms with van der Waals surface area (Å²) >= 11 is 20.0. The Balaban J connectivity index is 1.40. The van der Waals surface area contributed by atoms with E-state index in [0.29, 0.717) is 37.6 Å². The van der Waals surface area contributed by atoms with E-state index in [1.165, 1.54) is 17.8 Å². The molecular formula is C37H28Cl3N3O3S. The van der Waals surface area contributed by atoms with Crippen LogP contribution < -0.4 is 16.0 Å². The van der Waals surface area contributed by atoms with Gasteiger partial charge in [0.25, 0.3) is 11.8 Å². The van der Waals surface area contributed by atoms with Gasteiger partial charge in [-0.2, -0.15) is 0 Å². The third kappa shape index (κ3) is 9.27. The van der Waals surface area contributed by atoms with Crippen LogP contribution in [0.4, 0.5) is 11.4 Å². The number of carbonyl (C=O) groups excluding carboxylic acids is 3. The minimum atomic E-state index is -0.617. The van der Waals surface area contributed by atoms with Crippen LogP contribution in [-0.2, 0) is 9.59 Å². The SMILES string of the molecule is Cc1ccc(Cl)cc1NC(=O)C(Sc1cccc(NC(=O)/C(=C\c2ccc(Cl)cc2Cl)NC(=O)c2ccccc2)c1)c1ccccc1. The second kappa shape index (κ2) is 15.8. The Morgan fingerprint density at radius 3 is 2.13 bits per heavy atom. The molecule has 0 aliphatic carbocycles. The molecule has 1 unspecified atom stereocenters. The largest absolute Gasteiger partial charge is 0.325 e. The second-order valence-electron chi connectivity index (χ2n) is 10.4. The zero-order valence-corrected chi connectivity index (χ0v) is 28.1. The van der Waals surface area contributed by atoms with Crippen LogP contribution >= 0.6 is 46.6 Å². The molecule has 0 radical (unpaired) electrons. The van der Waals surface area contributed by atoms with Gasteiger partial charge in [0, 0.05) is 36.9 Å². The smallest absolute Gasteiger partial charge is 0.272 e. The van der Waals surface area contributed by atoms with Gasteiger partial charge >= 0.3 is 0 Å². The summed E-state index contributed by atoms with van der Waals surface area (Å²) in [6, 6.07) is 35.3. The maximum absolute atomic E-state index is 13.7. The van der Waals surface area contributed by atoms with Crippen molar-refractivity contribution in [2.75, 3.05) is 10.6 Å². The van der Waals surface area contributed by atoms with Crippen LogP contribution in [0.2, 0.25) is 15.1 Å². The van der Waals surface area contributed by atoms with Crippen molar-refractivity contribution >= 4 is 81.7 Å². The van der Waals surface area contributed by atoms with Crippen LogP contribution in [0.5, 0.6) is 0 Å². The number of benzene rings is 5. The molecule has 0 saturated carbocycles. The number of hydrogen-bond donors (Lipinski definition) is 3. The van der Waals surface area contributed by atoms with E-state index < -0.39 is 17.1 Å². The van der Waals surface area contributed by atoms with Gasteiger partial charge in [-0.3, -0.25) is 14.4 Å². The Morgan fingerprint density at radius 2 is 1.40 bits per heavy atom. The molecule has 0 spiro atoms. The summed E-state index contributed by atoms with van der Waals surface area (Å²) in [7, 11) is 0. The van der Waals surface area contributed by atoms with Gasteiger partial charge in [-0.05, 0) is 84.3 Å². The normalized spacial score (nSPS) is 11.8. The van der Waals surface area contributed by atoms with Crippen LogP contribution in [-0.4, -0.2) is 17.7 Å². The van der Waals surface area contributed by atoms with Gasteiger partial charge in [0.05, 0.1) is 0 Å². The van der Waals surface area contributed by atoms with Crippen LogP contribution in [0.25, 0.3) is 6.08 Å². The average Bonchev–Trinajstić information content (AvgIpc) is 3.07. The molecule has 0 aliphatic heterocycles. The summed E-state index contributed by atoms with van der Waals surface area (Å²) in [4.78, 5) is 41.1. The molecule has 3 N–H and O–H groups in total. The number of hydrogen-bond acceptors (Lipinski definition) is 4. The number of anilines is 2. The highest BCUT2D eigenvalue weighted by Crippen LogP contribution is 2.37. The molecule has 0 saturated heterocycles. The fourth-order valence-corrected chi connectivity index (χ4v) is 6.24. The number of nitrogens with one attached hydrogen (secondary N) is 3. The van der Waals surface area contributed by atoms with E-state index in [0.717, 1.165) is 16.0 Å². The van der Waals surface area contributed by atoms with E-state index in [2.05, 4.69) is 16.0 Å². The predicted molar refractivity (Wildman–Crippen MR) is 193 cm³/mol. The topological polar surface area (TPSA) is 87.3 Å².